The van der Waals surface area contributed by atoms with E-state index >= 15 is 0 Å². The summed E-state index contributed by atoms with van der Waals surface area (Å²) < 4.78 is 1.04. The highest BCUT2D eigenvalue weighted by atomic mass is 79.9. The van der Waals surface area contributed by atoms with Gasteiger partial charge in [0, 0.05) is 16.7 Å². The van der Waals surface area contributed by atoms with Crippen molar-refractivity contribution in [3.05, 3.63) is 28.2 Å². The first kappa shape index (κ1) is 15.5. The molecule has 1 amide bonds. The molecule has 0 heterocycles. The Morgan fingerprint density at radius 3 is 2.65 bits per heavy atom. The Balaban J connectivity index is 2.18. The van der Waals surface area contributed by atoms with Crippen LogP contribution < -0.4 is 11.1 Å². The van der Waals surface area contributed by atoms with Crippen molar-refractivity contribution in [3.8, 4) is 0 Å². The summed E-state index contributed by atoms with van der Waals surface area (Å²) in [4.78, 5) is 12.7. The van der Waals surface area contributed by atoms with Crippen molar-refractivity contribution in [2.75, 3.05) is 11.9 Å². The van der Waals surface area contributed by atoms with E-state index in [1.807, 2.05) is 12.1 Å². The molecule has 1 aliphatic rings. The van der Waals surface area contributed by atoms with Gasteiger partial charge >= 0.3 is 0 Å². The molecule has 4 heteroatoms. The number of hydrogen-bond donors (Lipinski definition) is 2. The van der Waals surface area contributed by atoms with Crippen LogP contribution in [0.4, 0.5) is 5.69 Å². The second kappa shape index (κ2) is 6.72. The van der Waals surface area contributed by atoms with Crippen LogP contribution in [0.15, 0.2) is 22.7 Å². The van der Waals surface area contributed by atoms with E-state index in [0.29, 0.717) is 6.54 Å². The fourth-order valence-corrected chi connectivity index (χ4v) is 3.39. The average molecular weight is 339 g/mol. The predicted molar refractivity (Wildman–Crippen MR) is 86.7 cm³/mol. The number of carbonyl (C=O) groups excluding carboxylic acids is 1. The number of rotatable bonds is 4. The number of nitrogens with one attached hydrogen (secondary N) is 1. The molecule has 0 radical (unpaired) electrons. The van der Waals surface area contributed by atoms with Gasteiger partial charge in [0.1, 0.15) is 0 Å². The third-order valence-corrected chi connectivity index (χ3v) is 4.87. The maximum absolute atomic E-state index is 12.7. The zero-order valence-corrected chi connectivity index (χ0v) is 13.6. The lowest BCUT2D eigenvalue weighted by molar-refractivity contribution is -0.126. The summed E-state index contributed by atoms with van der Waals surface area (Å²) >= 11 is 3.47. The predicted octanol–water partition coefficient (Wildman–Crippen LogP) is 3.86. The van der Waals surface area contributed by atoms with Crippen LogP contribution in [0.5, 0.6) is 0 Å². The van der Waals surface area contributed by atoms with Gasteiger partial charge in [-0.2, -0.15) is 0 Å². The quantitative estimate of drug-likeness (QED) is 0.875. The van der Waals surface area contributed by atoms with Crippen molar-refractivity contribution in [1.82, 2.24) is 0 Å². The van der Waals surface area contributed by atoms with Crippen LogP contribution in [0.2, 0.25) is 0 Å². The molecule has 0 spiro atoms. The lowest BCUT2D eigenvalue weighted by Crippen LogP contribution is -2.44. The van der Waals surface area contributed by atoms with Gasteiger partial charge in [-0.25, -0.2) is 0 Å². The SMILES string of the molecule is CCc1cc(Br)ccc1NC(=O)C1(CN)CCCCC1. The number of carbonyl (C=O) groups is 1. The van der Waals surface area contributed by atoms with E-state index in [1.165, 1.54) is 6.42 Å². The Morgan fingerprint density at radius 2 is 2.05 bits per heavy atom. The van der Waals surface area contributed by atoms with Crippen LogP contribution in [-0.4, -0.2) is 12.5 Å². The van der Waals surface area contributed by atoms with E-state index < -0.39 is 0 Å². The summed E-state index contributed by atoms with van der Waals surface area (Å²) in [7, 11) is 0. The first-order chi connectivity index (χ1) is 9.61. The van der Waals surface area contributed by atoms with Crippen LogP contribution in [0.3, 0.4) is 0 Å². The maximum atomic E-state index is 12.7. The van der Waals surface area contributed by atoms with Gasteiger partial charge < -0.3 is 11.1 Å². The molecule has 1 aliphatic carbocycles. The number of amides is 1. The van der Waals surface area contributed by atoms with Gasteiger partial charge in [-0.05, 0) is 43.0 Å². The van der Waals surface area contributed by atoms with E-state index in [-0.39, 0.29) is 11.3 Å². The molecule has 1 saturated carbocycles. The molecular formula is C16H23BrN2O. The zero-order chi connectivity index (χ0) is 14.6. The molecule has 0 aromatic heterocycles. The molecule has 0 atom stereocenters. The first-order valence-corrected chi connectivity index (χ1v) is 8.20. The largest absolute Gasteiger partial charge is 0.329 e. The minimum Gasteiger partial charge on any atom is -0.329 e. The highest BCUT2D eigenvalue weighted by Crippen LogP contribution is 2.37. The third-order valence-electron chi connectivity index (χ3n) is 4.38. The van der Waals surface area contributed by atoms with Crippen LogP contribution >= 0.6 is 15.9 Å². The summed E-state index contributed by atoms with van der Waals surface area (Å²) in [5.41, 5.74) is 7.62. The molecule has 3 nitrogen and oxygen atoms in total. The molecule has 3 N–H and O–H groups in total. The Bertz CT molecular complexity index is 481. The van der Waals surface area contributed by atoms with Gasteiger partial charge in [0.2, 0.25) is 5.91 Å². The normalized spacial score (nSPS) is 17.8. The zero-order valence-electron chi connectivity index (χ0n) is 12.0. The number of hydrogen-bond acceptors (Lipinski definition) is 2. The van der Waals surface area contributed by atoms with Crippen molar-refractivity contribution in [1.29, 1.82) is 0 Å². The monoisotopic (exact) mass is 338 g/mol. The van der Waals surface area contributed by atoms with Crippen LogP contribution in [0, 0.1) is 5.41 Å². The minimum absolute atomic E-state index is 0.0942. The van der Waals surface area contributed by atoms with Crippen LogP contribution in [-0.2, 0) is 11.2 Å². The molecule has 1 aromatic carbocycles. The summed E-state index contributed by atoms with van der Waals surface area (Å²) in [6.07, 6.45) is 6.13. The Kier molecular flexibility index (Phi) is 5.22. The molecule has 110 valence electrons. The van der Waals surface area contributed by atoms with Gasteiger partial charge in [0.25, 0.3) is 0 Å². The number of anilines is 1. The van der Waals surface area contributed by atoms with Gasteiger partial charge in [-0.15, -0.1) is 0 Å². The summed E-state index contributed by atoms with van der Waals surface area (Å²) in [6, 6.07) is 5.99. The Morgan fingerprint density at radius 1 is 1.35 bits per heavy atom. The van der Waals surface area contributed by atoms with Crippen LogP contribution in [0.25, 0.3) is 0 Å². The highest BCUT2D eigenvalue weighted by molar-refractivity contribution is 9.10. The van der Waals surface area contributed by atoms with Gasteiger partial charge in [0.05, 0.1) is 5.41 Å². The van der Waals surface area contributed by atoms with Crippen molar-refractivity contribution in [2.24, 2.45) is 11.1 Å². The van der Waals surface area contributed by atoms with Gasteiger partial charge in [0.15, 0.2) is 0 Å². The Labute approximate surface area is 129 Å². The van der Waals surface area contributed by atoms with Gasteiger partial charge in [-0.1, -0.05) is 42.1 Å². The van der Waals surface area contributed by atoms with E-state index in [0.717, 1.165) is 47.8 Å². The fraction of sp³-hybridized carbons (Fsp3) is 0.562. The molecule has 20 heavy (non-hydrogen) atoms. The summed E-state index contributed by atoms with van der Waals surface area (Å²) in [5.74, 6) is 0.0942. The third kappa shape index (κ3) is 3.23. The fourth-order valence-electron chi connectivity index (χ4n) is 2.98. The van der Waals surface area contributed by atoms with E-state index in [2.05, 4.69) is 34.2 Å². The van der Waals surface area contributed by atoms with Gasteiger partial charge in [-0.3, -0.25) is 4.79 Å². The number of benzene rings is 1. The van der Waals surface area contributed by atoms with Crippen molar-refractivity contribution in [2.45, 2.75) is 45.4 Å². The molecule has 0 bridgehead atoms. The minimum atomic E-state index is -0.365. The molecule has 1 fully saturated rings. The lowest BCUT2D eigenvalue weighted by atomic mass is 9.73. The Hall–Kier alpha value is -0.870. The van der Waals surface area contributed by atoms with Crippen LogP contribution in [0.1, 0.15) is 44.6 Å². The lowest BCUT2D eigenvalue weighted by Gasteiger charge is -2.34. The summed E-state index contributed by atoms with van der Waals surface area (Å²) in [5, 5.41) is 3.11. The second-order valence-corrected chi connectivity index (χ2v) is 6.57. The molecular weight excluding hydrogens is 316 g/mol. The van der Waals surface area contributed by atoms with Crippen molar-refractivity contribution < 1.29 is 4.79 Å². The average Bonchev–Trinajstić information content (AvgIpc) is 2.49. The number of halogens is 1. The van der Waals surface area contributed by atoms with Crippen molar-refractivity contribution >= 4 is 27.5 Å². The number of aryl methyl sites for hydroxylation is 1. The standard InChI is InChI=1S/C16H23BrN2O/c1-2-12-10-13(17)6-7-14(12)19-15(20)16(11-18)8-4-3-5-9-16/h6-7,10H,2-5,8-9,11,18H2,1H3,(H,19,20). The molecule has 0 aliphatic heterocycles. The first-order valence-electron chi connectivity index (χ1n) is 7.41. The molecule has 1 aromatic rings. The highest BCUT2D eigenvalue weighted by Gasteiger charge is 2.38. The maximum Gasteiger partial charge on any atom is 0.231 e. The van der Waals surface area contributed by atoms with Crippen molar-refractivity contribution in [3.63, 3.8) is 0 Å². The second-order valence-electron chi connectivity index (χ2n) is 5.65. The smallest absolute Gasteiger partial charge is 0.231 e. The topological polar surface area (TPSA) is 55.1 Å². The summed E-state index contributed by atoms with van der Waals surface area (Å²) in [6.45, 7) is 2.54. The van der Waals surface area contributed by atoms with E-state index in [9.17, 15) is 4.79 Å². The number of nitrogens with two attached hydrogens (primary N) is 1. The van der Waals surface area contributed by atoms with E-state index in [4.69, 9.17) is 5.73 Å². The molecule has 2 rings (SSSR count). The molecule has 0 saturated heterocycles. The molecule has 0 unspecified atom stereocenters. The van der Waals surface area contributed by atoms with E-state index in [1.54, 1.807) is 0 Å².